The molecule has 0 saturated heterocycles. The Morgan fingerprint density at radius 2 is 2.08 bits per heavy atom. The number of nitrogens with zero attached hydrogens (tertiary/aromatic N) is 2. The summed E-state index contributed by atoms with van der Waals surface area (Å²) in [4.78, 5) is 12.2. The maximum Gasteiger partial charge on any atom is 0.235 e. The molecule has 3 heterocycles. The number of amides is 1. The average molecular weight is 345 g/mol. The van der Waals surface area contributed by atoms with Gasteiger partial charge in [0.1, 0.15) is 5.82 Å². The number of ether oxygens (including phenoxy) is 2. The molecule has 126 valence electrons. The van der Waals surface area contributed by atoms with Gasteiger partial charge in [-0.2, -0.15) is 5.10 Å². The van der Waals surface area contributed by atoms with Crippen molar-refractivity contribution in [3.8, 4) is 11.5 Å². The first kappa shape index (κ1) is 15.4. The Morgan fingerprint density at radius 3 is 2.88 bits per heavy atom. The van der Waals surface area contributed by atoms with Gasteiger partial charge in [0.15, 0.2) is 11.5 Å². The predicted molar refractivity (Wildman–Crippen MR) is 92.7 cm³/mol. The Labute approximate surface area is 144 Å². The summed E-state index contributed by atoms with van der Waals surface area (Å²) >= 11 is 1.60. The number of anilines is 1. The highest BCUT2D eigenvalue weighted by molar-refractivity contribution is 8.00. The number of benzene rings is 1. The summed E-state index contributed by atoms with van der Waals surface area (Å²) in [7, 11) is 0. The lowest BCUT2D eigenvalue weighted by molar-refractivity contribution is -0.113. The molecule has 1 amide bonds. The fourth-order valence-electron chi connectivity index (χ4n) is 2.96. The van der Waals surface area contributed by atoms with Gasteiger partial charge in [-0.3, -0.25) is 4.79 Å². The third-order valence-corrected chi connectivity index (χ3v) is 5.34. The van der Waals surface area contributed by atoms with Crippen molar-refractivity contribution in [2.45, 2.75) is 31.6 Å². The Morgan fingerprint density at radius 1 is 1.29 bits per heavy atom. The van der Waals surface area contributed by atoms with Crippen molar-refractivity contribution >= 4 is 23.5 Å². The number of aromatic nitrogens is 2. The van der Waals surface area contributed by atoms with E-state index in [1.165, 1.54) is 0 Å². The van der Waals surface area contributed by atoms with Crippen LogP contribution in [0.15, 0.2) is 24.4 Å². The van der Waals surface area contributed by atoms with Crippen LogP contribution in [0.4, 0.5) is 5.82 Å². The van der Waals surface area contributed by atoms with Crippen molar-refractivity contribution in [2.75, 3.05) is 17.9 Å². The Balaban J connectivity index is 1.80. The van der Waals surface area contributed by atoms with Crippen molar-refractivity contribution in [3.05, 3.63) is 35.5 Å². The van der Waals surface area contributed by atoms with Crippen molar-refractivity contribution < 1.29 is 14.3 Å². The molecule has 24 heavy (non-hydrogen) atoms. The summed E-state index contributed by atoms with van der Waals surface area (Å²) in [5.41, 5.74) is 1.88. The molecule has 0 saturated carbocycles. The maximum atomic E-state index is 12.2. The molecule has 7 heteroatoms. The molecule has 4 rings (SSSR count). The molecule has 0 bridgehead atoms. The van der Waals surface area contributed by atoms with E-state index in [0.717, 1.165) is 28.4 Å². The number of hydrogen-bond acceptors (Lipinski definition) is 5. The first-order chi connectivity index (χ1) is 11.4. The van der Waals surface area contributed by atoms with Crippen molar-refractivity contribution in [1.29, 1.82) is 0 Å². The van der Waals surface area contributed by atoms with E-state index in [9.17, 15) is 4.79 Å². The lowest BCUT2D eigenvalue weighted by atomic mass is 10.0. The van der Waals surface area contributed by atoms with Crippen molar-refractivity contribution in [3.63, 3.8) is 0 Å². The Kier molecular flexibility index (Phi) is 3.49. The number of hydrogen-bond donors (Lipinski definition) is 1. The van der Waals surface area contributed by atoms with Crippen LogP contribution in [0, 0.1) is 0 Å². The standard InChI is InChI=1S/C17H19N3O3S/c1-17(2,3)20-16-11(7-18-20)15(24-8-14(21)19-16)10-4-5-12-13(6-10)23-9-22-12/h4-7,15H,8-9H2,1-3H3,(H,19,21)/t15-/m1/s1. The SMILES string of the molecule is CC(C)(C)n1ncc2c1NC(=O)CS[C@@H]2c1ccc2c(c1)OCO2. The molecule has 1 atom stereocenters. The monoisotopic (exact) mass is 345 g/mol. The molecule has 0 radical (unpaired) electrons. The normalized spacial score (nSPS) is 19.6. The van der Waals surface area contributed by atoms with Crippen molar-refractivity contribution in [2.24, 2.45) is 0 Å². The molecule has 2 aliphatic rings. The van der Waals surface area contributed by atoms with Gasteiger partial charge < -0.3 is 14.8 Å². The number of fused-ring (bicyclic) bond motifs is 2. The van der Waals surface area contributed by atoms with E-state index < -0.39 is 0 Å². The number of carbonyl (C=O) groups is 1. The third kappa shape index (κ3) is 2.53. The van der Waals surface area contributed by atoms with Gasteiger partial charge >= 0.3 is 0 Å². The summed E-state index contributed by atoms with van der Waals surface area (Å²) in [6, 6.07) is 5.94. The summed E-state index contributed by atoms with van der Waals surface area (Å²) in [5, 5.41) is 7.56. The highest BCUT2D eigenvalue weighted by Gasteiger charge is 2.31. The molecule has 6 nitrogen and oxygen atoms in total. The smallest absolute Gasteiger partial charge is 0.235 e. The second-order valence-electron chi connectivity index (χ2n) is 6.88. The minimum Gasteiger partial charge on any atom is -0.454 e. The van der Waals surface area contributed by atoms with Crippen LogP contribution in [0.25, 0.3) is 0 Å². The molecular weight excluding hydrogens is 326 g/mol. The van der Waals surface area contributed by atoms with Crippen LogP contribution in [-0.2, 0) is 10.3 Å². The molecule has 1 aromatic carbocycles. The van der Waals surface area contributed by atoms with Crippen LogP contribution >= 0.6 is 11.8 Å². The van der Waals surface area contributed by atoms with Gasteiger partial charge in [0.2, 0.25) is 12.7 Å². The molecule has 1 aromatic heterocycles. The van der Waals surface area contributed by atoms with Gasteiger partial charge in [0.05, 0.1) is 22.7 Å². The quantitative estimate of drug-likeness (QED) is 0.860. The summed E-state index contributed by atoms with van der Waals surface area (Å²) < 4.78 is 12.8. The number of rotatable bonds is 1. The lowest BCUT2D eigenvalue weighted by Gasteiger charge is -2.23. The molecule has 2 aromatic rings. The Hall–Kier alpha value is -2.15. The van der Waals surface area contributed by atoms with Gasteiger partial charge in [-0.05, 0) is 38.5 Å². The van der Waals surface area contributed by atoms with Gasteiger partial charge in [0.25, 0.3) is 0 Å². The van der Waals surface area contributed by atoms with Crippen LogP contribution < -0.4 is 14.8 Å². The molecule has 0 unspecified atom stereocenters. The van der Waals surface area contributed by atoms with Gasteiger partial charge in [0, 0.05) is 5.56 Å². The second-order valence-corrected chi connectivity index (χ2v) is 7.98. The molecular formula is C17H19N3O3S. The number of nitrogens with one attached hydrogen (secondary N) is 1. The number of thioether (sulfide) groups is 1. The summed E-state index contributed by atoms with van der Waals surface area (Å²) in [5.74, 6) is 2.69. The van der Waals surface area contributed by atoms with E-state index in [2.05, 4.69) is 31.2 Å². The van der Waals surface area contributed by atoms with Crippen LogP contribution in [-0.4, -0.2) is 28.2 Å². The molecule has 0 fully saturated rings. The molecule has 1 N–H and O–H groups in total. The fraction of sp³-hybridized carbons (Fsp3) is 0.412. The van der Waals surface area contributed by atoms with Crippen LogP contribution in [0.2, 0.25) is 0 Å². The van der Waals surface area contributed by atoms with E-state index >= 15 is 0 Å². The lowest BCUT2D eigenvalue weighted by Crippen LogP contribution is -2.27. The highest BCUT2D eigenvalue weighted by Crippen LogP contribution is 2.45. The van der Waals surface area contributed by atoms with Gasteiger partial charge in [-0.15, -0.1) is 11.8 Å². The third-order valence-electron chi connectivity index (χ3n) is 4.05. The largest absolute Gasteiger partial charge is 0.454 e. The van der Waals surface area contributed by atoms with E-state index in [1.807, 2.05) is 29.1 Å². The second kappa shape index (κ2) is 5.44. The highest BCUT2D eigenvalue weighted by atomic mass is 32.2. The van der Waals surface area contributed by atoms with Crippen LogP contribution in [0.1, 0.15) is 37.1 Å². The minimum atomic E-state index is -0.213. The summed E-state index contributed by atoms with van der Waals surface area (Å²) in [6.45, 7) is 6.46. The zero-order valence-electron chi connectivity index (χ0n) is 13.8. The zero-order chi connectivity index (χ0) is 16.9. The topological polar surface area (TPSA) is 65.4 Å². The summed E-state index contributed by atoms with van der Waals surface area (Å²) in [6.07, 6.45) is 1.86. The fourth-order valence-corrected chi connectivity index (χ4v) is 4.04. The number of carbonyl (C=O) groups excluding carboxylic acids is 1. The molecule has 0 spiro atoms. The minimum absolute atomic E-state index is 0.00417. The molecule has 2 aliphatic heterocycles. The van der Waals surface area contributed by atoms with E-state index in [1.54, 1.807) is 11.8 Å². The molecule has 0 aliphatic carbocycles. The maximum absolute atomic E-state index is 12.2. The van der Waals surface area contributed by atoms with Gasteiger partial charge in [-0.1, -0.05) is 6.07 Å². The zero-order valence-corrected chi connectivity index (χ0v) is 14.6. The van der Waals surface area contributed by atoms with E-state index in [0.29, 0.717) is 5.75 Å². The predicted octanol–water partition coefficient (Wildman–Crippen LogP) is 3.14. The van der Waals surface area contributed by atoms with Gasteiger partial charge in [-0.25, -0.2) is 4.68 Å². The Bertz CT molecular complexity index is 810. The van der Waals surface area contributed by atoms with E-state index in [4.69, 9.17) is 9.47 Å². The first-order valence-corrected chi connectivity index (χ1v) is 8.88. The van der Waals surface area contributed by atoms with Crippen LogP contribution in [0.3, 0.4) is 0 Å². The first-order valence-electron chi connectivity index (χ1n) is 7.83. The van der Waals surface area contributed by atoms with Crippen LogP contribution in [0.5, 0.6) is 11.5 Å². The van der Waals surface area contributed by atoms with E-state index in [-0.39, 0.29) is 23.5 Å². The average Bonchev–Trinajstić information content (AvgIpc) is 3.10. The van der Waals surface area contributed by atoms with Crippen molar-refractivity contribution in [1.82, 2.24) is 9.78 Å².